The van der Waals surface area contributed by atoms with Gasteiger partial charge in [0.15, 0.2) is 0 Å². The Kier molecular flexibility index (Phi) is 5.89. The van der Waals surface area contributed by atoms with Gasteiger partial charge in [-0.25, -0.2) is 0 Å². The van der Waals surface area contributed by atoms with Crippen molar-refractivity contribution in [2.45, 2.75) is 31.7 Å². The van der Waals surface area contributed by atoms with Gasteiger partial charge in [-0.3, -0.25) is 14.6 Å². The minimum absolute atomic E-state index is 0.128. The van der Waals surface area contributed by atoms with E-state index in [-0.39, 0.29) is 23.6 Å². The summed E-state index contributed by atoms with van der Waals surface area (Å²) in [6.45, 7) is 1.31. The van der Waals surface area contributed by atoms with Gasteiger partial charge in [0.1, 0.15) is 5.69 Å². The zero-order valence-corrected chi connectivity index (χ0v) is 13.3. The molecule has 1 aliphatic carbocycles. The fourth-order valence-electron chi connectivity index (χ4n) is 2.52. The van der Waals surface area contributed by atoms with Crippen LogP contribution in [0.15, 0.2) is 18.3 Å². The number of amides is 2. The second-order valence-electron chi connectivity index (χ2n) is 5.94. The van der Waals surface area contributed by atoms with Gasteiger partial charge >= 0.3 is 0 Å². The Balaban J connectivity index is 1.93. The van der Waals surface area contributed by atoms with Crippen LogP contribution < -0.4 is 10.6 Å². The molecule has 120 valence electrons. The Bertz CT molecular complexity index is 525. The molecule has 1 saturated carbocycles. The van der Waals surface area contributed by atoms with Crippen LogP contribution in [0.3, 0.4) is 0 Å². The van der Waals surface area contributed by atoms with Gasteiger partial charge in [0, 0.05) is 30.9 Å². The lowest BCUT2D eigenvalue weighted by molar-refractivity contribution is 0.0937. The first-order valence-electron chi connectivity index (χ1n) is 7.76. The van der Waals surface area contributed by atoms with Crippen LogP contribution in [-0.2, 0) is 0 Å². The average molecular weight is 304 g/mol. The number of hydrogen-bond acceptors (Lipinski definition) is 4. The van der Waals surface area contributed by atoms with Crippen LogP contribution in [-0.4, -0.2) is 54.9 Å². The van der Waals surface area contributed by atoms with E-state index < -0.39 is 0 Å². The zero-order valence-electron chi connectivity index (χ0n) is 13.3. The lowest BCUT2D eigenvalue weighted by Crippen LogP contribution is -2.33. The molecule has 2 amide bonds. The van der Waals surface area contributed by atoms with Crippen molar-refractivity contribution < 1.29 is 9.59 Å². The molecule has 1 heterocycles. The average Bonchev–Trinajstić information content (AvgIpc) is 3.00. The monoisotopic (exact) mass is 304 g/mol. The molecule has 6 heteroatoms. The molecule has 6 nitrogen and oxygen atoms in total. The Hall–Kier alpha value is -1.95. The number of rotatable bonds is 6. The second kappa shape index (κ2) is 7.89. The molecule has 0 radical (unpaired) electrons. The van der Waals surface area contributed by atoms with Crippen molar-refractivity contribution in [1.82, 2.24) is 20.5 Å². The zero-order chi connectivity index (χ0) is 15.9. The highest BCUT2D eigenvalue weighted by molar-refractivity contribution is 5.98. The Morgan fingerprint density at radius 3 is 2.68 bits per heavy atom. The summed E-state index contributed by atoms with van der Waals surface area (Å²) < 4.78 is 0. The number of nitrogens with zero attached hydrogens (tertiary/aromatic N) is 2. The normalized spacial score (nSPS) is 15.0. The van der Waals surface area contributed by atoms with E-state index in [1.165, 1.54) is 19.0 Å². The van der Waals surface area contributed by atoms with Crippen LogP contribution in [0.2, 0.25) is 0 Å². The first-order valence-corrected chi connectivity index (χ1v) is 7.76. The van der Waals surface area contributed by atoms with Crippen molar-refractivity contribution in [2.24, 2.45) is 0 Å². The highest BCUT2D eigenvalue weighted by Gasteiger charge is 2.18. The molecule has 1 aromatic rings. The minimum atomic E-state index is -0.252. The van der Waals surface area contributed by atoms with Crippen molar-refractivity contribution >= 4 is 11.8 Å². The quantitative estimate of drug-likeness (QED) is 0.824. The van der Waals surface area contributed by atoms with Gasteiger partial charge in [0.05, 0.1) is 0 Å². The molecular formula is C16H24N4O2. The van der Waals surface area contributed by atoms with Crippen LogP contribution in [0, 0.1) is 0 Å². The van der Waals surface area contributed by atoms with E-state index in [4.69, 9.17) is 0 Å². The molecule has 1 aliphatic rings. The predicted octanol–water partition coefficient (Wildman–Crippen LogP) is 1.05. The van der Waals surface area contributed by atoms with Crippen LogP contribution in [0.1, 0.15) is 46.5 Å². The summed E-state index contributed by atoms with van der Waals surface area (Å²) in [6, 6.07) is 3.45. The van der Waals surface area contributed by atoms with E-state index in [9.17, 15) is 9.59 Å². The maximum Gasteiger partial charge on any atom is 0.269 e. The SMILES string of the molecule is CN(C)CCNC(=O)c1cc(C(=O)NC2CCCC2)ccn1. The molecule has 2 rings (SSSR count). The molecule has 0 unspecified atom stereocenters. The summed E-state index contributed by atoms with van der Waals surface area (Å²) in [4.78, 5) is 30.3. The molecule has 0 atom stereocenters. The summed E-state index contributed by atoms with van der Waals surface area (Å²) in [5.74, 6) is -0.381. The van der Waals surface area contributed by atoms with E-state index in [0.717, 1.165) is 19.4 Å². The first kappa shape index (κ1) is 16.4. The minimum Gasteiger partial charge on any atom is -0.349 e. The van der Waals surface area contributed by atoms with Gasteiger partial charge in [0.2, 0.25) is 0 Å². The van der Waals surface area contributed by atoms with E-state index in [1.807, 2.05) is 19.0 Å². The molecule has 0 saturated heterocycles. The number of hydrogen-bond donors (Lipinski definition) is 2. The molecule has 1 fully saturated rings. The smallest absolute Gasteiger partial charge is 0.269 e. The van der Waals surface area contributed by atoms with Crippen molar-refractivity contribution in [3.8, 4) is 0 Å². The summed E-state index contributed by atoms with van der Waals surface area (Å²) >= 11 is 0. The maximum atomic E-state index is 12.2. The van der Waals surface area contributed by atoms with Gasteiger partial charge in [-0.05, 0) is 39.1 Å². The first-order chi connectivity index (χ1) is 10.6. The highest BCUT2D eigenvalue weighted by atomic mass is 16.2. The van der Waals surface area contributed by atoms with Gasteiger partial charge in [-0.15, -0.1) is 0 Å². The Morgan fingerprint density at radius 1 is 1.27 bits per heavy atom. The van der Waals surface area contributed by atoms with Gasteiger partial charge in [0.25, 0.3) is 11.8 Å². The number of pyridine rings is 1. The van der Waals surface area contributed by atoms with Crippen LogP contribution in [0.4, 0.5) is 0 Å². The lowest BCUT2D eigenvalue weighted by atomic mass is 10.2. The van der Waals surface area contributed by atoms with E-state index in [1.54, 1.807) is 12.1 Å². The van der Waals surface area contributed by atoms with Gasteiger partial charge in [-0.2, -0.15) is 0 Å². The molecule has 0 bridgehead atoms. The third kappa shape index (κ3) is 4.80. The fourth-order valence-corrected chi connectivity index (χ4v) is 2.52. The second-order valence-corrected chi connectivity index (χ2v) is 5.94. The molecule has 0 spiro atoms. The topological polar surface area (TPSA) is 74.3 Å². The number of likely N-dealkylation sites (N-methyl/N-ethyl adjacent to an activating group) is 1. The van der Waals surface area contributed by atoms with Crippen molar-refractivity contribution in [1.29, 1.82) is 0 Å². The van der Waals surface area contributed by atoms with Crippen LogP contribution in [0.25, 0.3) is 0 Å². The summed E-state index contributed by atoms with van der Waals surface area (Å²) in [6.07, 6.45) is 5.91. The molecular weight excluding hydrogens is 280 g/mol. The van der Waals surface area contributed by atoms with Gasteiger partial charge < -0.3 is 15.5 Å². The Morgan fingerprint density at radius 2 is 2.00 bits per heavy atom. The van der Waals surface area contributed by atoms with Crippen molar-refractivity contribution in [2.75, 3.05) is 27.2 Å². The van der Waals surface area contributed by atoms with E-state index in [0.29, 0.717) is 12.1 Å². The van der Waals surface area contributed by atoms with Crippen LogP contribution >= 0.6 is 0 Å². The molecule has 2 N–H and O–H groups in total. The maximum absolute atomic E-state index is 12.2. The standard InChI is InChI=1S/C16H24N4O2/c1-20(2)10-9-18-16(22)14-11-12(7-8-17-14)15(21)19-13-5-3-4-6-13/h7-8,11,13H,3-6,9-10H2,1-2H3,(H,18,22)(H,19,21). The van der Waals surface area contributed by atoms with E-state index in [2.05, 4.69) is 15.6 Å². The lowest BCUT2D eigenvalue weighted by Gasteiger charge is -2.12. The highest BCUT2D eigenvalue weighted by Crippen LogP contribution is 2.18. The number of aromatic nitrogens is 1. The van der Waals surface area contributed by atoms with Crippen molar-refractivity contribution in [3.05, 3.63) is 29.6 Å². The van der Waals surface area contributed by atoms with Crippen molar-refractivity contribution in [3.63, 3.8) is 0 Å². The van der Waals surface area contributed by atoms with Crippen LogP contribution in [0.5, 0.6) is 0 Å². The molecule has 22 heavy (non-hydrogen) atoms. The van der Waals surface area contributed by atoms with E-state index >= 15 is 0 Å². The largest absolute Gasteiger partial charge is 0.349 e. The summed E-state index contributed by atoms with van der Waals surface area (Å²) in [7, 11) is 3.89. The third-order valence-electron chi connectivity index (χ3n) is 3.79. The summed E-state index contributed by atoms with van der Waals surface area (Å²) in [5, 5.41) is 5.81. The Labute approximate surface area is 131 Å². The number of carbonyl (C=O) groups excluding carboxylic acids is 2. The number of carbonyl (C=O) groups is 2. The molecule has 1 aromatic heterocycles. The number of nitrogens with one attached hydrogen (secondary N) is 2. The molecule has 0 aliphatic heterocycles. The third-order valence-corrected chi connectivity index (χ3v) is 3.79. The summed E-state index contributed by atoms with van der Waals surface area (Å²) in [5.41, 5.74) is 0.762. The van der Waals surface area contributed by atoms with Gasteiger partial charge in [-0.1, -0.05) is 12.8 Å². The molecule has 0 aromatic carbocycles. The predicted molar refractivity (Wildman–Crippen MR) is 84.8 cm³/mol. The fraction of sp³-hybridized carbons (Fsp3) is 0.562.